The molecule has 0 aliphatic carbocycles. The molecule has 0 aromatic heterocycles. The molecule has 9 heavy (non-hydrogen) atoms. The molecule has 0 aliphatic heterocycles. The van der Waals surface area contributed by atoms with Gasteiger partial charge in [-0.2, -0.15) is 11.6 Å². The van der Waals surface area contributed by atoms with Gasteiger partial charge in [0, 0.05) is 6.61 Å². The summed E-state index contributed by atoms with van der Waals surface area (Å²) in [5.41, 5.74) is 0. The van der Waals surface area contributed by atoms with Gasteiger partial charge in [0.05, 0.1) is 13.3 Å². The number of hydrogen-bond acceptors (Lipinski definition) is 1. The van der Waals surface area contributed by atoms with Crippen LogP contribution in [0.1, 0.15) is 13.3 Å². The minimum absolute atomic E-state index is 0.789. The second kappa shape index (κ2) is 4.47. The van der Waals surface area contributed by atoms with Gasteiger partial charge in [-0.05, 0) is 0 Å². The fourth-order valence-corrected chi connectivity index (χ4v) is 1.43. The molecule has 3 heteroatoms. The lowest BCUT2D eigenvalue weighted by molar-refractivity contribution is 0.323. The fourth-order valence-electron chi connectivity index (χ4n) is 0.466. The summed E-state index contributed by atoms with van der Waals surface area (Å²) in [6, 6.07) is 0. The van der Waals surface area contributed by atoms with E-state index in [1.165, 1.54) is 0 Å². The minimum atomic E-state index is -1.99. The Morgan fingerprint density at radius 3 is 2.44 bits per heavy atom. The van der Waals surface area contributed by atoms with Crippen molar-refractivity contribution in [3.63, 3.8) is 0 Å². The van der Waals surface area contributed by atoms with Crippen LogP contribution in [0.15, 0.2) is 0 Å². The van der Waals surface area contributed by atoms with Crippen LogP contribution in [-0.2, 0) is 3.79 Å². The van der Waals surface area contributed by atoms with E-state index in [-0.39, 0.29) is 0 Å². The SMILES string of the molecule is C[CH+]CC[O][Al-]([CH3])([CH3])[Cl]. The second-order valence-electron chi connectivity index (χ2n) is 2.64. The highest BCUT2D eigenvalue weighted by Crippen LogP contribution is 2.09. The molecule has 54 valence electrons. The highest BCUT2D eigenvalue weighted by atomic mass is 35.6. The molecule has 0 amide bonds. The van der Waals surface area contributed by atoms with E-state index >= 15 is 0 Å². The standard InChI is InChI=1S/C4H8O.2CH3.Al.ClH/c1-2-3-4-5;;;;/h2H,3-4H2,1H3;2*1H3;;1H/q;;;+1;/p-1. The Morgan fingerprint density at radius 2 is 2.11 bits per heavy atom. The smallest absolute Gasteiger partial charge is 0.403 e. The molecule has 0 atom stereocenters. The van der Waals surface area contributed by atoms with Crippen LogP contribution in [0.2, 0.25) is 11.6 Å². The van der Waals surface area contributed by atoms with Crippen molar-refractivity contribution in [3.05, 3.63) is 6.42 Å². The second-order valence-corrected chi connectivity index (χ2v) is 9.28. The number of halogens is 1. The molecule has 0 rings (SSSR count). The Morgan fingerprint density at radius 1 is 1.56 bits per heavy atom. The third-order valence-electron chi connectivity index (χ3n) is 0.921. The van der Waals surface area contributed by atoms with Gasteiger partial charge in [-0.3, -0.25) is 0 Å². The quantitative estimate of drug-likeness (QED) is 0.353. The molecule has 0 saturated heterocycles. The van der Waals surface area contributed by atoms with Crippen molar-refractivity contribution in [2.75, 3.05) is 6.61 Å². The first-order valence-electron chi connectivity index (χ1n) is 3.38. The molecular weight excluding hydrogens is 150 g/mol. The molecule has 0 bridgehead atoms. The number of unbranched alkanes of at least 4 members (excludes halogenated alkanes) is 1. The van der Waals surface area contributed by atoms with Crippen LogP contribution in [0.3, 0.4) is 0 Å². The molecule has 0 spiro atoms. The van der Waals surface area contributed by atoms with Crippen molar-refractivity contribution in [2.45, 2.75) is 24.9 Å². The van der Waals surface area contributed by atoms with Crippen LogP contribution >= 0.6 is 10.0 Å². The van der Waals surface area contributed by atoms with Crippen molar-refractivity contribution in [2.24, 2.45) is 0 Å². The van der Waals surface area contributed by atoms with Crippen LogP contribution in [0.5, 0.6) is 0 Å². The summed E-state index contributed by atoms with van der Waals surface area (Å²) < 4.78 is 5.37. The van der Waals surface area contributed by atoms with Crippen molar-refractivity contribution in [1.82, 2.24) is 0 Å². The lowest BCUT2D eigenvalue weighted by Gasteiger charge is -2.19. The number of rotatable bonds is 4. The molecule has 0 aromatic carbocycles. The average Bonchev–Trinajstić information content (AvgIpc) is 1.63. The van der Waals surface area contributed by atoms with E-state index in [0.29, 0.717) is 0 Å². The molecular formula is C6H14AlClO. The zero-order valence-corrected chi connectivity index (χ0v) is 8.27. The maximum atomic E-state index is 5.90. The Labute approximate surface area is 64.6 Å². The average molecular weight is 165 g/mol. The summed E-state index contributed by atoms with van der Waals surface area (Å²) in [5, 5.41) is 0. The largest absolute Gasteiger partial charge is 0.644 e. The maximum absolute atomic E-state index is 5.90. The molecule has 0 unspecified atom stereocenters. The number of hydrogen-bond donors (Lipinski definition) is 0. The van der Waals surface area contributed by atoms with Crippen molar-refractivity contribution in [3.8, 4) is 0 Å². The third-order valence-corrected chi connectivity index (χ3v) is 2.33. The van der Waals surface area contributed by atoms with Gasteiger partial charge >= 0.3 is 12.5 Å². The Hall–Kier alpha value is 0.652. The highest BCUT2D eigenvalue weighted by molar-refractivity contribution is 7.15. The van der Waals surface area contributed by atoms with Gasteiger partial charge in [0.2, 0.25) is 0 Å². The highest BCUT2D eigenvalue weighted by Gasteiger charge is 2.15. The molecule has 1 nitrogen and oxygen atoms in total. The first-order chi connectivity index (χ1) is 4.06. The molecule has 0 heterocycles. The molecule has 0 fully saturated rings. The van der Waals surface area contributed by atoms with Crippen LogP contribution in [0.4, 0.5) is 0 Å². The van der Waals surface area contributed by atoms with E-state index in [1.54, 1.807) is 0 Å². The first-order valence-corrected chi connectivity index (χ1v) is 7.91. The van der Waals surface area contributed by atoms with Gasteiger partial charge in [0.1, 0.15) is 6.42 Å². The fraction of sp³-hybridized carbons (Fsp3) is 0.833. The van der Waals surface area contributed by atoms with E-state index in [2.05, 4.69) is 6.42 Å². The minimum Gasteiger partial charge on any atom is -0.644 e. The van der Waals surface area contributed by atoms with E-state index in [1.807, 2.05) is 18.5 Å². The lowest BCUT2D eigenvalue weighted by Crippen LogP contribution is -2.22. The summed E-state index contributed by atoms with van der Waals surface area (Å²) in [4.78, 5) is 0. The topological polar surface area (TPSA) is 9.23 Å². The summed E-state index contributed by atoms with van der Waals surface area (Å²) in [6.45, 7) is 2.81. The summed E-state index contributed by atoms with van der Waals surface area (Å²) in [5.74, 6) is 4.01. The molecule has 0 aliphatic rings. The Kier molecular flexibility index (Phi) is 4.79. The van der Waals surface area contributed by atoms with E-state index in [0.717, 1.165) is 13.0 Å². The lowest BCUT2D eigenvalue weighted by atomic mass is 10.4. The van der Waals surface area contributed by atoms with Gasteiger partial charge in [-0.15, -0.1) is 0 Å². The first kappa shape index (κ1) is 9.65. The van der Waals surface area contributed by atoms with Crippen LogP contribution in [-0.4, -0.2) is 19.1 Å². The van der Waals surface area contributed by atoms with Crippen molar-refractivity contribution >= 4 is 22.5 Å². The molecule has 0 radical (unpaired) electrons. The summed E-state index contributed by atoms with van der Waals surface area (Å²) in [6.07, 6.45) is 3.09. The molecule has 0 aromatic rings. The zero-order valence-electron chi connectivity index (χ0n) is 6.36. The Bertz CT molecular complexity index is 69.9. The summed E-state index contributed by atoms with van der Waals surface area (Å²) >= 11 is -1.99. The van der Waals surface area contributed by atoms with Crippen molar-refractivity contribution in [1.29, 1.82) is 0 Å². The van der Waals surface area contributed by atoms with Gasteiger partial charge in [-0.1, -0.05) is 0 Å². The normalized spacial score (nSPS) is 11.6. The van der Waals surface area contributed by atoms with E-state index < -0.39 is 12.5 Å². The van der Waals surface area contributed by atoms with Crippen LogP contribution in [0.25, 0.3) is 0 Å². The molecule has 0 N–H and O–H groups in total. The summed E-state index contributed by atoms with van der Waals surface area (Å²) in [7, 11) is 5.90. The van der Waals surface area contributed by atoms with Gasteiger partial charge in [-0.25, -0.2) is 0 Å². The Balaban J connectivity index is 3.07. The third kappa shape index (κ3) is 8.65. The van der Waals surface area contributed by atoms with Crippen LogP contribution < -0.4 is 0 Å². The van der Waals surface area contributed by atoms with Crippen molar-refractivity contribution < 1.29 is 3.79 Å². The monoisotopic (exact) mass is 164 g/mol. The molecule has 0 saturated carbocycles. The predicted molar refractivity (Wildman–Crippen MR) is 43.9 cm³/mol. The predicted octanol–water partition coefficient (Wildman–Crippen LogP) is 2.56. The van der Waals surface area contributed by atoms with E-state index in [9.17, 15) is 0 Å². The van der Waals surface area contributed by atoms with Gasteiger partial charge in [0.15, 0.2) is 0 Å². The maximum Gasteiger partial charge on any atom is 0.403 e. The zero-order chi connectivity index (χ0) is 7.33. The van der Waals surface area contributed by atoms with Gasteiger partial charge < -0.3 is 13.8 Å². The van der Waals surface area contributed by atoms with Gasteiger partial charge in [0.25, 0.3) is 0 Å². The van der Waals surface area contributed by atoms with E-state index in [4.69, 9.17) is 13.8 Å². The van der Waals surface area contributed by atoms with Crippen LogP contribution in [0, 0.1) is 6.42 Å².